The van der Waals surface area contributed by atoms with Crippen LogP contribution in [0.3, 0.4) is 0 Å². The highest BCUT2D eigenvalue weighted by molar-refractivity contribution is 5.34. The van der Waals surface area contributed by atoms with Crippen molar-refractivity contribution in [1.29, 1.82) is 0 Å². The SMILES string of the molecule is CCCCCC/C=C\CCCCC(CC)CCc1ccc(Oc2ccc(CCC(CC)CCCC/C=C\CCCCCC)cc2)cc1. The first-order chi connectivity index (χ1) is 23.2. The Balaban J connectivity index is 1.60. The number of hydrogen-bond donors (Lipinski definition) is 0. The van der Waals surface area contributed by atoms with Gasteiger partial charge in [-0.25, -0.2) is 0 Å². The fraction of sp³-hybridized carbons (Fsp3) is 0.652. The summed E-state index contributed by atoms with van der Waals surface area (Å²) in [7, 11) is 0. The first kappa shape index (κ1) is 40.9. The predicted octanol–water partition coefficient (Wildman–Crippen LogP) is 15.6. The van der Waals surface area contributed by atoms with Gasteiger partial charge in [0.05, 0.1) is 0 Å². The molecular weight excluding hydrogens is 569 g/mol. The molecule has 0 aliphatic carbocycles. The molecule has 0 aliphatic rings. The first-order valence-corrected chi connectivity index (χ1v) is 20.3. The maximum atomic E-state index is 6.21. The molecule has 0 saturated heterocycles. The number of unbranched alkanes of at least 4 members (excludes halogenated alkanes) is 12. The Hall–Kier alpha value is -2.28. The average Bonchev–Trinajstić information content (AvgIpc) is 3.10. The summed E-state index contributed by atoms with van der Waals surface area (Å²) >= 11 is 0. The standard InChI is InChI=1S/C46H74O/c1-5-9-11-13-15-17-19-21-23-25-27-41(7-3)29-31-43-33-37-45(38-34-43)47-46-39-35-44(36-40-46)32-30-42(8-4)28-26-24-22-20-18-16-14-12-10-6-2/h17-20,33-42H,5-16,21-32H2,1-4H3/b19-17-,20-18-. The van der Waals surface area contributed by atoms with Crippen LogP contribution in [0.4, 0.5) is 0 Å². The lowest BCUT2D eigenvalue weighted by Gasteiger charge is -2.15. The van der Waals surface area contributed by atoms with Crippen molar-refractivity contribution in [3.8, 4) is 11.5 Å². The van der Waals surface area contributed by atoms with Gasteiger partial charge in [-0.05, 0) is 124 Å². The van der Waals surface area contributed by atoms with Gasteiger partial charge in [0, 0.05) is 0 Å². The van der Waals surface area contributed by atoms with Gasteiger partial charge in [-0.2, -0.15) is 0 Å². The van der Waals surface area contributed by atoms with Crippen molar-refractivity contribution in [2.75, 3.05) is 0 Å². The Kier molecular flexibility index (Phi) is 25.0. The third-order valence-electron chi connectivity index (χ3n) is 10.2. The Morgan fingerprint density at radius 2 is 0.787 bits per heavy atom. The zero-order chi connectivity index (χ0) is 33.6. The van der Waals surface area contributed by atoms with E-state index in [4.69, 9.17) is 4.74 Å². The molecule has 0 fully saturated rings. The van der Waals surface area contributed by atoms with Gasteiger partial charge in [-0.1, -0.05) is 153 Å². The van der Waals surface area contributed by atoms with Gasteiger partial charge >= 0.3 is 0 Å². The molecule has 2 rings (SSSR count). The van der Waals surface area contributed by atoms with E-state index in [1.54, 1.807) is 0 Å². The highest BCUT2D eigenvalue weighted by Gasteiger charge is 2.09. The molecule has 2 unspecified atom stereocenters. The van der Waals surface area contributed by atoms with Crippen LogP contribution in [0.1, 0.15) is 180 Å². The van der Waals surface area contributed by atoms with E-state index in [2.05, 4.69) is 101 Å². The molecule has 47 heavy (non-hydrogen) atoms. The Labute approximate surface area is 293 Å². The van der Waals surface area contributed by atoms with Gasteiger partial charge in [-0.3, -0.25) is 0 Å². The molecule has 2 atom stereocenters. The fourth-order valence-corrected chi connectivity index (χ4v) is 6.67. The second-order valence-electron chi connectivity index (χ2n) is 14.2. The van der Waals surface area contributed by atoms with Crippen molar-refractivity contribution in [2.24, 2.45) is 11.8 Å². The van der Waals surface area contributed by atoms with E-state index in [0.29, 0.717) is 0 Å². The highest BCUT2D eigenvalue weighted by atomic mass is 16.5. The smallest absolute Gasteiger partial charge is 0.127 e. The number of ether oxygens (including phenoxy) is 1. The van der Waals surface area contributed by atoms with E-state index >= 15 is 0 Å². The second-order valence-corrected chi connectivity index (χ2v) is 14.2. The van der Waals surface area contributed by atoms with Gasteiger partial charge < -0.3 is 4.74 Å². The summed E-state index contributed by atoms with van der Waals surface area (Å²) in [5, 5.41) is 0. The minimum absolute atomic E-state index is 0.840. The molecule has 0 radical (unpaired) electrons. The Bertz CT molecular complexity index is 930. The van der Waals surface area contributed by atoms with E-state index in [1.807, 2.05) is 0 Å². The molecule has 0 aliphatic heterocycles. The van der Waals surface area contributed by atoms with Gasteiger partial charge in [0.25, 0.3) is 0 Å². The average molecular weight is 643 g/mol. The summed E-state index contributed by atoms with van der Waals surface area (Å²) in [5.41, 5.74) is 2.86. The zero-order valence-electron chi connectivity index (χ0n) is 31.5. The molecule has 264 valence electrons. The topological polar surface area (TPSA) is 9.23 Å². The van der Waals surface area contributed by atoms with Crippen molar-refractivity contribution < 1.29 is 4.74 Å². The highest BCUT2D eigenvalue weighted by Crippen LogP contribution is 2.26. The third-order valence-corrected chi connectivity index (χ3v) is 10.2. The summed E-state index contributed by atoms with van der Waals surface area (Å²) < 4.78 is 6.21. The third kappa shape index (κ3) is 21.3. The Morgan fingerprint density at radius 1 is 0.426 bits per heavy atom. The normalized spacial score (nSPS) is 13.1. The number of allylic oxidation sites excluding steroid dienone is 4. The molecule has 0 aromatic heterocycles. The lowest BCUT2D eigenvalue weighted by molar-refractivity contribution is 0.418. The van der Waals surface area contributed by atoms with Gasteiger partial charge in [-0.15, -0.1) is 0 Å². The minimum atomic E-state index is 0.840. The molecule has 0 N–H and O–H groups in total. The van der Waals surface area contributed by atoms with Crippen LogP contribution in [0.25, 0.3) is 0 Å². The van der Waals surface area contributed by atoms with E-state index in [1.165, 1.54) is 165 Å². The Morgan fingerprint density at radius 3 is 1.13 bits per heavy atom. The van der Waals surface area contributed by atoms with Crippen LogP contribution < -0.4 is 4.74 Å². The predicted molar refractivity (Wildman–Crippen MR) is 210 cm³/mol. The molecule has 1 nitrogen and oxygen atoms in total. The monoisotopic (exact) mass is 643 g/mol. The van der Waals surface area contributed by atoms with E-state index in [0.717, 1.165) is 23.3 Å². The van der Waals surface area contributed by atoms with Crippen LogP contribution >= 0.6 is 0 Å². The molecule has 1 heteroatoms. The minimum Gasteiger partial charge on any atom is -0.457 e. The number of aryl methyl sites for hydroxylation is 2. The van der Waals surface area contributed by atoms with Gasteiger partial charge in [0.15, 0.2) is 0 Å². The van der Waals surface area contributed by atoms with Crippen LogP contribution in [-0.2, 0) is 12.8 Å². The second kappa shape index (κ2) is 28.7. The summed E-state index contributed by atoms with van der Waals surface area (Å²) in [6.45, 7) is 9.29. The molecule has 0 saturated carbocycles. The molecule has 0 spiro atoms. The van der Waals surface area contributed by atoms with Crippen molar-refractivity contribution >= 4 is 0 Å². The molecular formula is C46H74O. The van der Waals surface area contributed by atoms with E-state index < -0.39 is 0 Å². The number of benzene rings is 2. The zero-order valence-corrected chi connectivity index (χ0v) is 31.5. The van der Waals surface area contributed by atoms with Crippen molar-refractivity contribution in [3.05, 3.63) is 84.0 Å². The van der Waals surface area contributed by atoms with Crippen LogP contribution in [0.2, 0.25) is 0 Å². The van der Waals surface area contributed by atoms with Gasteiger partial charge in [0.2, 0.25) is 0 Å². The van der Waals surface area contributed by atoms with Crippen LogP contribution in [0.15, 0.2) is 72.8 Å². The van der Waals surface area contributed by atoms with Crippen LogP contribution in [0, 0.1) is 11.8 Å². The van der Waals surface area contributed by atoms with Crippen molar-refractivity contribution in [2.45, 2.75) is 182 Å². The molecule has 0 bridgehead atoms. The van der Waals surface area contributed by atoms with Crippen LogP contribution in [0.5, 0.6) is 11.5 Å². The lowest BCUT2D eigenvalue weighted by Crippen LogP contribution is -2.01. The number of rotatable bonds is 30. The van der Waals surface area contributed by atoms with Crippen LogP contribution in [-0.4, -0.2) is 0 Å². The summed E-state index contributed by atoms with van der Waals surface area (Å²) in [4.78, 5) is 0. The number of hydrogen-bond acceptors (Lipinski definition) is 1. The first-order valence-electron chi connectivity index (χ1n) is 20.3. The fourth-order valence-electron chi connectivity index (χ4n) is 6.67. The lowest BCUT2D eigenvalue weighted by atomic mass is 9.92. The summed E-state index contributed by atoms with van der Waals surface area (Å²) in [5.74, 6) is 3.55. The summed E-state index contributed by atoms with van der Waals surface area (Å²) in [6, 6.07) is 17.6. The van der Waals surface area contributed by atoms with Crippen molar-refractivity contribution in [1.82, 2.24) is 0 Å². The maximum absolute atomic E-state index is 6.21. The largest absolute Gasteiger partial charge is 0.457 e. The maximum Gasteiger partial charge on any atom is 0.127 e. The molecule has 0 heterocycles. The van der Waals surface area contributed by atoms with E-state index in [9.17, 15) is 0 Å². The molecule has 0 amide bonds. The molecule has 2 aromatic carbocycles. The van der Waals surface area contributed by atoms with Gasteiger partial charge in [0.1, 0.15) is 11.5 Å². The van der Waals surface area contributed by atoms with E-state index in [-0.39, 0.29) is 0 Å². The quantitative estimate of drug-likeness (QED) is 0.0608. The summed E-state index contributed by atoms with van der Waals surface area (Å²) in [6.07, 6.45) is 41.3. The van der Waals surface area contributed by atoms with Crippen molar-refractivity contribution in [3.63, 3.8) is 0 Å². The molecule has 2 aromatic rings.